The van der Waals surface area contributed by atoms with E-state index in [4.69, 9.17) is 0 Å². The van der Waals surface area contributed by atoms with E-state index in [1.807, 2.05) is 0 Å². The molecule has 1 aliphatic rings. The second-order valence-electron chi connectivity index (χ2n) is 5.66. The van der Waals surface area contributed by atoms with Gasteiger partial charge in [-0.15, -0.1) is 0 Å². The Morgan fingerprint density at radius 3 is 2.75 bits per heavy atom. The van der Waals surface area contributed by atoms with Crippen LogP contribution in [0.4, 0.5) is 0 Å². The van der Waals surface area contributed by atoms with Gasteiger partial charge < -0.3 is 10.2 Å². The third-order valence-electron chi connectivity index (χ3n) is 3.49. The van der Waals surface area contributed by atoms with E-state index in [9.17, 15) is 0 Å². The van der Waals surface area contributed by atoms with Gasteiger partial charge in [0, 0.05) is 19.6 Å². The second kappa shape index (κ2) is 6.41. The van der Waals surface area contributed by atoms with Crippen LogP contribution < -0.4 is 5.32 Å². The van der Waals surface area contributed by atoms with Crippen LogP contribution in [0, 0.1) is 5.41 Å². The zero-order chi connectivity index (χ0) is 12.0. The maximum atomic E-state index is 4.00. The Hall–Kier alpha value is -0.340. The Morgan fingerprint density at radius 1 is 1.50 bits per heavy atom. The largest absolute Gasteiger partial charge is 0.316 e. The normalized spacial score (nSPS) is 26.0. The molecule has 1 aliphatic heterocycles. The van der Waals surface area contributed by atoms with Crippen LogP contribution in [0.15, 0.2) is 12.2 Å². The average molecular weight is 224 g/mol. The fraction of sp³-hybridized carbons (Fsp3) is 0.857. The van der Waals surface area contributed by atoms with Crippen LogP contribution in [0.2, 0.25) is 0 Å². The van der Waals surface area contributed by atoms with Gasteiger partial charge in [0.2, 0.25) is 0 Å². The van der Waals surface area contributed by atoms with Crippen molar-refractivity contribution in [3.05, 3.63) is 12.2 Å². The molecular formula is C14H28N2. The monoisotopic (exact) mass is 224 g/mol. The number of hydrogen-bond acceptors (Lipinski definition) is 2. The molecule has 94 valence electrons. The number of rotatable bonds is 6. The number of nitrogens with zero attached hydrogens (tertiary/aromatic N) is 1. The Balaban J connectivity index is 2.52. The van der Waals surface area contributed by atoms with Crippen LogP contribution in [0.1, 0.15) is 39.5 Å². The molecule has 1 N–H and O–H groups in total. The first-order valence-corrected chi connectivity index (χ1v) is 6.62. The van der Waals surface area contributed by atoms with Crippen molar-refractivity contribution in [3.8, 4) is 0 Å². The van der Waals surface area contributed by atoms with Gasteiger partial charge in [0.05, 0.1) is 0 Å². The number of likely N-dealkylation sites (N-methyl/N-ethyl adjacent to an activating group) is 1. The van der Waals surface area contributed by atoms with E-state index < -0.39 is 0 Å². The van der Waals surface area contributed by atoms with E-state index in [1.54, 1.807) is 0 Å². The number of hydrogen-bond donors (Lipinski definition) is 1. The fourth-order valence-electron chi connectivity index (χ4n) is 3.08. The molecule has 0 radical (unpaired) electrons. The summed E-state index contributed by atoms with van der Waals surface area (Å²) in [6.45, 7) is 13.1. The summed E-state index contributed by atoms with van der Waals surface area (Å²) >= 11 is 0. The van der Waals surface area contributed by atoms with Crippen molar-refractivity contribution in [2.75, 3.05) is 33.2 Å². The first-order chi connectivity index (χ1) is 7.58. The first-order valence-electron chi connectivity index (χ1n) is 6.62. The standard InChI is InChI=1S/C14H28N2/c1-5-7-14(8-6-9-15-11-14)12-16(4)10-13(2)3/h15H,2,5-12H2,1,3-4H3. The minimum atomic E-state index is 0.511. The zero-order valence-electron chi connectivity index (χ0n) is 11.3. The number of piperidine rings is 1. The molecule has 0 spiro atoms. The number of nitrogens with one attached hydrogen (secondary N) is 1. The van der Waals surface area contributed by atoms with Crippen LogP contribution in [-0.2, 0) is 0 Å². The van der Waals surface area contributed by atoms with Crippen molar-refractivity contribution >= 4 is 0 Å². The van der Waals surface area contributed by atoms with Crippen LogP contribution >= 0.6 is 0 Å². The van der Waals surface area contributed by atoms with Gasteiger partial charge in [0.1, 0.15) is 0 Å². The molecule has 2 nitrogen and oxygen atoms in total. The van der Waals surface area contributed by atoms with Gasteiger partial charge in [-0.2, -0.15) is 0 Å². The summed E-state index contributed by atoms with van der Waals surface area (Å²) in [5.41, 5.74) is 1.77. The van der Waals surface area contributed by atoms with Crippen molar-refractivity contribution in [2.45, 2.75) is 39.5 Å². The van der Waals surface area contributed by atoms with Crippen molar-refractivity contribution in [1.82, 2.24) is 10.2 Å². The minimum Gasteiger partial charge on any atom is -0.316 e. The predicted octanol–water partition coefficient (Wildman–Crippen LogP) is 2.66. The molecule has 2 heteroatoms. The maximum Gasteiger partial charge on any atom is 0.0184 e. The molecule has 1 saturated heterocycles. The molecular weight excluding hydrogens is 196 g/mol. The van der Waals surface area contributed by atoms with E-state index in [1.165, 1.54) is 50.9 Å². The minimum absolute atomic E-state index is 0.511. The lowest BCUT2D eigenvalue weighted by molar-refractivity contribution is 0.127. The highest BCUT2D eigenvalue weighted by molar-refractivity contribution is 4.94. The second-order valence-corrected chi connectivity index (χ2v) is 5.66. The van der Waals surface area contributed by atoms with E-state index in [0.29, 0.717) is 5.41 Å². The molecule has 1 atom stereocenters. The fourth-order valence-corrected chi connectivity index (χ4v) is 3.08. The Kier molecular flexibility index (Phi) is 5.50. The molecule has 1 rings (SSSR count). The van der Waals surface area contributed by atoms with Gasteiger partial charge in [0.15, 0.2) is 0 Å². The molecule has 16 heavy (non-hydrogen) atoms. The molecule has 1 heterocycles. The molecule has 1 fully saturated rings. The quantitative estimate of drug-likeness (QED) is 0.698. The van der Waals surface area contributed by atoms with Gasteiger partial charge in [-0.25, -0.2) is 0 Å². The van der Waals surface area contributed by atoms with E-state index >= 15 is 0 Å². The van der Waals surface area contributed by atoms with Gasteiger partial charge in [-0.1, -0.05) is 25.5 Å². The average Bonchev–Trinajstić information content (AvgIpc) is 2.17. The van der Waals surface area contributed by atoms with E-state index in [2.05, 4.69) is 37.7 Å². The van der Waals surface area contributed by atoms with Crippen LogP contribution in [-0.4, -0.2) is 38.1 Å². The summed E-state index contributed by atoms with van der Waals surface area (Å²) in [6.07, 6.45) is 5.36. The maximum absolute atomic E-state index is 4.00. The SMILES string of the molecule is C=C(C)CN(C)CC1(CCC)CCCNC1. The van der Waals surface area contributed by atoms with Gasteiger partial charge in [-0.05, 0) is 45.2 Å². The molecule has 0 bridgehead atoms. The van der Waals surface area contributed by atoms with Gasteiger partial charge >= 0.3 is 0 Å². The zero-order valence-corrected chi connectivity index (χ0v) is 11.3. The summed E-state index contributed by atoms with van der Waals surface area (Å²) in [6, 6.07) is 0. The Labute approximate surface area is 101 Å². The molecule has 0 aliphatic carbocycles. The summed E-state index contributed by atoms with van der Waals surface area (Å²) in [4.78, 5) is 2.44. The third kappa shape index (κ3) is 4.26. The van der Waals surface area contributed by atoms with Crippen molar-refractivity contribution < 1.29 is 0 Å². The van der Waals surface area contributed by atoms with Crippen LogP contribution in [0.5, 0.6) is 0 Å². The lowest BCUT2D eigenvalue weighted by Gasteiger charge is -2.40. The summed E-state index contributed by atoms with van der Waals surface area (Å²) < 4.78 is 0. The highest BCUT2D eigenvalue weighted by Crippen LogP contribution is 2.32. The van der Waals surface area contributed by atoms with E-state index in [0.717, 1.165) is 6.54 Å². The molecule has 0 amide bonds. The summed E-state index contributed by atoms with van der Waals surface area (Å²) in [5, 5.41) is 3.57. The smallest absolute Gasteiger partial charge is 0.0184 e. The first kappa shape index (κ1) is 13.7. The molecule has 0 aromatic carbocycles. The summed E-state index contributed by atoms with van der Waals surface area (Å²) in [5.74, 6) is 0. The van der Waals surface area contributed by atoms with Crippen molar-refractivity contribution in [3.63, 3.8) is 0 Å². The Bertz CT molecular complexity index is 211. The third-order valence-corrected chi connectivity index (χ3v) is 3.49. The van der Waals surface area contributed by atoms with Gasteiger partial charge in [0.25, 0.3) is 0 Å². The molecule has 0 aromatic rings. The van der Waals surface area contributed by atoms with Gasteiger partial charge in [-0.3, -0.25) is 0 Å². The molecule has 0 aromatic heterocycles. The molecule has 1 unspecified atom stereocenters. The van der Waals surface area contributed by atoms with Crippen molar-refractivity contribution in [2.24, 2.45) is 5.41 Å². The van der Waals surface area contributed by atoms with Crippen LogP contribution in [0.3, 0.4) is 0 Å². The summed E-state index contributed by atoms with van der Waals surface area (Å²) in [7, 11) is 2.22. The molecule has 0 saturated carbocycles. The lowest BCUT2D eigenvalue weighted by atomic mass is 9.76. The highest BCUT2D eigenvalue weighted by atomic mass is 15.1. The topological polar surface area (TPSA) is 15.3 Å². The predicted molar refractivity (Wildman–Crippen MR) is 71.8 cm³/mol. The highest BCUT2D eigenvalue weighted by Gasteiger charge is 2.31. The Morgan fingerprint density at radius 2 is 2.25 bits per heavy atom. The van der Waals surface area contributed by atoms with Crippen LogP contribution in [0.25, 0.3) is 0 Å². The van der Waals surface area contributed by atoms with E-state index in [-0.39, 0.29) is 0 Å². The van der Waals surface area contributed by atoms with Crippen molar-refractivity contribution in [1.29, 1.82) is 0 Å². The lowest BCUT2D eigenvalue weighted by Crippen LogP contribution is -2.47.